The van der Waals surface area contributed by atoms with Crippen LogP contribution in [0.1, 0.15) is 38.3 Å². The SMILES string of the molecule is CCN(CC(=O)NC(C)C)C(CN)c1ccc(C)o1. The quantitative estimate of drug-likeness (QED) is 0.784. The van der Waals surface area contributed by atoms with Crippen LogP contribution in [-0.2, 0) is 4.79 Å². The Morgan fingerprint density at radius 1 is 1.47 bits per heavy atom. The smallest absolute Gasteiger partial charge is 0.234 e. The highest BCUT2D eigenvalue weighted by atomic mass is 16.3. The molecule has 1 aromatic heterocycles. The maximum absolute atomic E-state index is 11.9. The summed E-state index contributed by atoms with van der Waals surface area (Å²) in [7, 11) is 0. The predicted octanol–water partition coefficient (Wildman–Crippen LogP) is 1.43. The first-order valence-corrected chi connectivity index (χ1v) is 6.77. The van der Waals surface area contributed by atoms with E-state index in [4.69, 9.17) is 10.2 Å². The van der Waals surface area contributed by atoms with Gasteiger partial charge in [-0.05, 0) is 39.4 Å². The maximum atomic E-state index is 11.9. The van der Waals surface area contributed by atoms with Crippen molar-refractivity contribution in [2.45, 2.75) is 39.8 Å². The molecule has 1 atom stereocenters. The van der Waals surface area contributed by atoms with Gasteiger partial charge in [-0.2, -0.15) is 0 Å². The molecule has 0 bridgehead atoms. The van der Waals surface area contributed by atoms with Crippen molar-refractivity contribution in [2.24, 2.45) is 5.73 Å². The van der Waals surface area contributed by atoms with E-state index >= 15 is 0 Å². The molecule has 0 spiro atoms. The standard InChI is InChI=1S/C14H25N3O2/c1-5-17(9-14(18)16-10(2)3)12(8-15)13-7-6-11(4)19-13/h6-7,10,12H,5,8-9,15H2,1-4H3,(H,16,18). The highest BCUT2D eigenvalue weighted by Crippen LogP contribution is 2.21. The summed E-state index contributed by atoms with van der Waals surface area (Å²) in [6.45, 7) is 9.31. The van der Waals surface area contributed by atoms with Gasteiger partial charge in [-0.15, -0.1) is 0 Å². The lowest BCUT2D eigenvalue weighted by molar-refractivity contribution is -0.123. The first kappa shape index (κ1) is 15.7. The van der Waals surface area contributed by atoms with Gasteiger partial charge in [0.15, 0.2) is 0 Å². The van der Waals surface area contributed by atoms with Gasteiger partial charge in [0.2, 0.25) is 5.91 Å². The zero-order chi connectivity index (χ0) is 14.4. The number of nitrogens with zero attached hydrogens (tertiary/aromatic N) is 1. The largest absolute Gasteiger partial charge is 0.465 e. The molecule has 1 unspecified atom stereocenters. The fourth-order valence-corrected chi connectivity index (χ4v) is 2.07. The average Bonchev–Trinajstić information content (AvgIpc) is 2.74. The van der Waals surface area contributed by atoms with Crippen molar-refractivity contribution < 1.29 is 9.21 Å². The summed E-state index contributed by atoms with van der Waals surface area (Å²) in [5, 5.41) is 2.89. The van der Waals surface area contributed by atoms with Crippen molar-refractivity contribution in [2.75, 3.05) is 19.6 Å². The van der Waals surface area contributed by atoms with Gasteiger partial charge in [-0.3, -0.25) is 9.69 Å². The Balaban J connectivity index is 2.73. The number of hydrogen-bond donors (Lipinski definition) is 2. The second-order valence-electron chi connectivity index (χ2n) is 4.99. The molecule has 1 heterocycles. The molecule has 0 saturated heterocycles. The maximum Gasteiger partial charge on any atom is 0.234 e. The number of nitrogens with two attached hydrogens (primary N) is 1. The predicted molar refractivity (Wildman–Crippen MR) is 75.8 cm³/mol. The monoisotopic (exact) mass is 267 g/mol. The third-order valence-electron chi connectivity index (χ3n) is 2.96. The summed E-state index contributed by atoms with van der Waals surface area (Å²) in [6.07, 6.45) is 0. The van der Waals surface area contributed by atoms with E-state index in [-0.39, 0.29) is 18.0 Å². The second-order valence-corrected chi connectivity index (χ2v) is 4.99. The first-order chi connectivity index (χ1) is 8.97. The van der Waals surface area contributed by atoms with Gasteiger partial charge in [0.25, 0.3) is 0 Å². The van der Waals surface area contributed by atoms with Crippen LogP contribution in [0.25, 0.3) is 0 Å². The molecule has 3 N–H and O–H groups in total. The molecule has 1 aromatic rings. The van der Waals surface area contributed by atoms with Crippen molar-refractivity contribution in [1.82, 2.24) is 10.2 Å². The summed E-state index contributed by atoms with van der Waals surface area (Å²) in [5.41, 5.74) is 5.83. The molecule has 0 saturated carbocycles. The molecule has 108 valence electrons. The molecule has 0 aliphatic heterocycles. The number of carbonyl (C=O) groups excluding carboxylic acids is 1. The van der Waals surface area contributed by atoms with Crippen LogP contribution in [-0.4, -0.2) is 36.5 Å². The van der Waals surface area contributed by atoms with Crippen molar-refractivity contribution in [1.29, 1.82) is 0 Å². The number of nitrogens with one attached hydrogen (secondary N) is 1. The number of likely N-dealkylation sites (N-methyl/N-ethyl adjacent to an activating group) is 1. The van der Waals surface area contributed by atoms with Crippen LogP contribution in [0.15, 0.2) is 16.5 Å². The Hall–Kier alpha value is -1.33. The van der Waals surface area contributed by atoms with E-state index in [9.17, 15) is 4.79 Å². The van der Waals surface area contributed by atoms with Crippen LogP contribution in [0.4, 0.5) is 0 Å². The van der Waals surface area contributed by atoms with Crippen molar-refractivity contribution in [3.8, 4) is 0 Å². The molecule has 0 fully saturated rings. The Kier molecular flexibility index (Phi) is 6.05. The highest BCUT2D eigenvalue weighted by Gasteiger charge is 2.22. The summed E-state index contributed by atoms with van der Waals surface area (Å²) in [5.74, 6) is 1.69. The molecular formula is C14H25N3O2. The Morgan fingerprint density at radius 2 is 2.16 bits per heavy atom. The zero-order valence-electron chi connectivity index (χ0n) is 12.3. The normalized spacial score (nSPS) is 13.0. The van der Waals surface area contributed by atoms with Crippen LogP contribution < -0.4 is 11.1 Å². The Bertz CT molecular complexity index is 401. The van der Waals surface area contributed by atoms with Gasteiger partial charge < -0.3 is 15.5 Å². The fraction of sp³-hybridized carbons (Fsp3) is 0.643. The van der Waals surface area contributed by atoms with Crippen LogP contribution >= 0.6 is 0 Å². The topological polar surface area (TPSA) is 71.5 Å². The molecule has 0 aromatic carbocycles. The minimum absolute atomic E-state index is 0.0126. The van der Waals surface area contributed by atoms with Gasteiger partial charge in [-0.1, -0.05) is 6.92 Å². The van der Waals surface area contributed by atoms with Gasteiger partial charge in [0.05, 0.1) is 12.6 Å². The van der Waals surface area contributed by atoms with E-state index in [1.54, 1.807) is 0 Å². The number of aryl methyl sites for hydroxylation is 1. The molecule has 0 aliphatic carbocycles. The second kappa shape index (κ2) is 7.31. The molecule has 1 rings (SSSR count). The minimum Gasteiger partial charge on any atom is -0.465 e. The number of carbonyl (C=O) groups is 1. The summed E-state index contributed by atoms with van der Waals surface area (Å²) < 4.78 is 5.63. The van der Waals surface area contributed by atoms with Gasteiger partial charge in [0.1, 0.15) is 11.5 Å². The Morgan fingerprint density at radius 3 is 2.58 bits per heavy atom. The lowest BCUT2D eigenvalue weighted by Crippen LogP contribution is -2.43. The Labute approximate surface area is 115 Å². The lowest BCUT2D eigenvalue weighted by Gasteiger charge is -2.28. The molecule has 1 amide bonds. The van der Waals surface area contributed by atoms with Crippen LogP contribution in [0.5, 0.6) is 0 Å². The van der Waals surface area contributed by atoms with Crippen LogP contribution in [0.3, 0.4) is 0 Å². The molecule has 19 heavy (non-hydrogen) atoms. The third-order valence-corrected chi connectivity index (χ3v) is 2.96. The van der Waals surface area contributed by atoms with Crippen molar-refractivity contribution in [3.63, 3.8) is 0 Å². The van der Waals surface area contributed by atoms with E-state index in [0.717, 1.165) is 18.1 Å². The van der Waals surface area contributed by atoms with E-state index in [1.807, 2.05) is 44.7 Å². The van der Waals surface area contributed by atoms with Crippen molar-refractivity contribution in [3.05, 3.63) is 23.7 Å². The number of hydrogen-bond acceptors (Lipinski definition) is 4. The molecular weight excluding hydrogens is 242 g/mol. The van der Waals surface area contributed by atoms with E-state index in [0.29, 0.717) is 13.1 Å². The van der Waals surface area contributed by atoms with E-state index in [2.05, 4.69) is 5.32 Å². The summed E-state index contributed by atoms with van der Waals surface area (Å²) >= 11 is 0. The summed E-state index contributed by atoms with van der Waals surface area (Å²) in [4.78, 5) is 13.9. The third kappa shape index (κ3) is 4.69. The highest BCUT2D eigenvalue weighted by molar-refractivity contribution is 5.78. The zero-order valence-corrected chi connectivity index (χ0v) is 12.3. The first-order valence-electron chi connectivity index (χ1n) is 6.77. The van der Waals surface area contributed by atoms with E-state index in [1.165, 1.54) is 0 Å². The molecule has 0 radical (unpaired) electrons. The molecule has 5 heteroatoms. The van der Waals surface area contributed by atoms with Crippen molar-refractivity contribution >= 4 is 5.91 Å². The van der Waals surface area contributed by atoms with E-state index < -0.39 is 0 Å². The lowest BCUT2D eigenvalue weighted by atomic mass is 10.2. The molecule has 0 aliphatic rings. The number of furan rings is 1. The fourth-order valence-electron chi connectivity index (χ4n) is 2.07. The van der Waals surface area contributed by atoms with Gasteiger partial charge in [-0.25, -0.2) is 0 Å². The minimum atomic E-state index is -0.0587. The number of rotatable bonds is 7. The van der Waals surface area contributed by atoms with Crippen LogP contribution in [0, 0.1) is 6.92 Å². The average molecular weight is 267 g/mol. The molecule has 5 nitrogen and oxygen atoms in total. The van der Waals surface area contributed by atoms with Gasteiger partial charge >= 0.3 is 0 Å². The van der Waals surface area contributed by atoms with Crippen LogP contribution in [0.2, 0.25) is 0 Å². The summed E-state index contributed by atoms with van der Waals surface area (Å²) in [6, 6.07) is 3.93. The number of amides is 1. The van der Waals surface area contributed by atoms with Gasteiger partial charge in [0, 0.05) is 12.6 Å².